The molecule has 19 heavy (non-hydrogen) atoms. The van der Waals surface area contributed by atoms with Gasteiger partial charge in [0.05, 0.1) is 6.04 Å². The number of nitrogens with two attached hydrogens (primary N) is 1. The Morgan fingerprint density at radius 2 is 2.21 bits per heavy atom. The summed E-state index contributed by atoms with van der Waals surface area (Å²) in [7, 11) is 0. The first-order valence-corrected chi connectivity index (χ1v) is 6.73. The quantitative estimate of drug-likeness (QED) is 0.877. The number of hydrogen-bond donors (Lipinski definition) is 2. The van der Waals surface area contributed by atoms with Gasteiger partial charge in [-0.3, -0.25) is 0 Å². The molecule has 100 valence electrons. The number of aryl methyl sites for hydroxylation is 1. The molecule has 1 aliphatic rings. The second-order valence-corrected chi connectivity index (χ2v) is 4.83. The first kappa shape index (κ1) is 12.2. The highest BCUT2D eigenvalue weighted by Gasteiger charge is 2.21. The molecule has 3 N–H and O–H groups in total. The van der Waals surface area contributed by atoms with Crippen LogP contribution in [0.3, 0.4) is 0 Å². The fourth-order valence-corrected chi connectivity index (χ4v) is 2.59. The molecule has 0 saturated heterocycles. The average molecular weight is 258 g/mol. The lowest BCUT2D eigenvalue weighted by molar-refractivity contribution is 0.491. The summed E-state index contributed by atoms with van der Waals surface area (Å²) in [5.74, 6) is 0.592. The van der Waals surface area contributed by atoms with Gasteiger partial charge in [0.15, 0.2) is 0 Å². The van der Waals surface area contributed by atoms with Gasteiger partial charge >= 0.3 is 6.01 Å². The molecule has 3 rings (SSSR count). The van der Waals surface area contributed by atoms with Crippen molar-refractivity contribution in [3.05, 3.63) is 41.3 Å². The maximum atomic E-state index is 5.53. The molecule has 1 aliphatic carbocycles. The van der Waals surface area contributed by atoms with Crippen molar-refractivity contribution in [2.75, 3.05) is 11.9 Å². The second-order valence-electron chi connectivity index (χ2n) is 4.83. The number of benzene rings is 1. The molecule has 1 aromatic heterocycles. The van der Waals surface area contributed by atoms with Crippen molar-refractivity contribution in [3.8, 4) is 0 Å². The molecule has 2 aromatic rings. The van der Waals surface area contributed by atoms with Crippen molar-refractivity contribution in [2.24, 2.45) is 5.73 Å². The lowest BCUT2D eigenvalue weighted by atomic mass is 9.88. The van der Waals surface area contributed by atoms with E-state index < -0.39 is 0 Å². The number of hydrogen-bond acceptors (Lipinski definition) is 5. The fourth-order valence-electron chi connectivity index (χ4n) is 2.59. The van der Waals surface area contributed by atoms with E-state index in [-0.39, 0.29) is 6.04 Å². The number of anilines is 1. The largest absolute Gasteiger partial charge is 0.408 e. The first-order chi connectivity index (χ1) is 9.36. The van der Waals surface area contributed by atoms with Gasteiger partial charge in [0.25, 0.3) is 0 Å². The summed E-state index contributed by atoms with van der Waals surface area (Å²) in [6.45, 7) is 0.522. The van der Waals surface area contributed by atoms with Crippen LogP contribution in [-0.2, 0) is 12.8 Å². The van der Waals surface area contributed by atoms with E-state index in [0.29, 0.717) is 24.9 Å². The maximum Gasteiger partial charge on any atom is 0.315 e. The summed E-state index contributed by atoms with van der Waals surface area (Å²) in [5, 5.41) is 11.3. The van der Waals surface area contributed by atoms with E-state index in [9.17, 15) is 0 Å². The molecule has 1 heterocycles. The molecule has 5 nitrogen and oxygen atoms in total. The van der Waals surface area contributed by atoms with E-state index in [1.807, 2.05) is 0 Å². The third-order valence-corrected chi connectivity index (χ3v) is 3.49. The Kier molecular flexibility index (Phi) is 3.46. The van der Waals surface area contributed by atoms with Gasteiger partial charge in [0.2, 0.25) is 5.89 Å². The van der Waals surface area contributed by atoms with E-state index >= 15 is 0 Å². The number of nitrogens with zero attached hydrogens (tertiary/aromatic N) is 2. The fraction of sp³-hybridized carbons (Fsp3) is 0.429. The van der Waals surface area contributed by atoms with Crippen LogP contribution >= 0.6 is 0 Å². The highest BCUT2D eigenvalue weighted by Crippen LogP contribution is 2.31. The van der Waals surface area contributed by atoms with Gasteiger partial charge in [0, 0.05) is 13.0 Å². The van der Waals surface area contributed by atoms with Crippen LogP contribution in [0.25, 0.3) is 0 Å². The summed E-state index contributed by atoms with van der Waals surface area (Å²) < 4.78 is 5.53. The van der Waals surface area contributed by atoms with Crippen molar-refractivity contribution in [2.45, 2.75) is 31.7 Å². The summed E-state index contributed by atoms with van der Waals surface area (Å²) in [5.41, 5.74) is 8.22. The molecule has 0 bridgehead atoms. The zero-order chi connectivity index (χ0) is 13.1. The minimum Gasteiger partial charge on any atom is -0.408 e. The minimum absolute atomic E-state index is 0.260. The Morgan fingerprint density at radius 1 is 1.32 bits per heavy atom. The second kappa shape index (κ2) is 5.40. The molecule has 1 unspecified atom stereocenters. The summed E-state index contributed by atoms with van der Waals surface area (Å²) in [6.07, 6.45) is 4.04. The van der Waals surface area contributed by atoms with Gasteiger partial charge < -0.3 is 15.5 Å². The average Bonchev–Trinajstić information content (AvgIpc) is 2.87. The lowest BCUT2D eigenvalue weighted by Crippen LogP contribution is -2.17. The van der Waals surface area contributed by atoms with E-state index in [4.69, 9.17) is 10.2 Å². The van der Waals surface area contributed by atoms with Gasteiger partial charge in [-0.25, -0.2) is 0 Å². The van der Waals surface area contributed by atoms with E-state index in [2.05, 4.69) is 39.8 Å². The molecule has 0 spiro atoms. The summed E-state index contributed by atoms with van der Waals surface area (Å²) >= 11 is 0. The molecule has 5 heteroatoms. The Hall–Kier alpha value is -1.88. The smallest absolute Gasteiger partial charge is 0.315 e. The van der Waals surface area contributed by atoms with Crippen molar-refractivity contribution >= 4 is 6.01 Å². The van der Waals surface area contributed by atoms with Gasteiger partial charge in [-0.1, -0.05) is 29.4 Å². The molecular weight excluding hydrogens is 240 g/mol. The molecule has 0 fully saturated rings. The highest BCUT2D eigenvalue weighted by atomic mass is 16.4. The molecule has 1 atom stereocenters. The first-order valence-electron chi connectivity index (χ1n) is 6.73. The van der Waals surface area contributed by atoms with Crippen LogP contribution in [0, 0.1) is 0 Å². The molecule has 0 aliphatic heterocycles. The maximum absolute atomic E-state index is 5.53. The third kappa shape index (κ3) is 2.61. The van der Waals surface area contributed by atoms with Crippen molar-refractivity contribution in [1.82, 2.24) is 10.2 Å². The van der Waals surface area contributed by atoms with E-state index in [0.717, 1.165) is 12.8 Å². The Labute approximate surface area is 112 Å². The molecule has 1 aromatic carbocycles. The number of rotatable bonds is 4. The van der Waals surface area contributed by atoms with Gasteiger partial charge in [-0.2, -0.15) is 0 Å². The van der Waals surface area contributed by atoms with Crippen molar-refractivity contribution < 1.29 is 4.42 Å². The minimum atomic E-state index is 0.260. The number of fused-ring (bicyclic) bond motifs is 1. The predicted octanol–water partition coefficient (Wildman–Crippen LogP) is 2.06. The number of nitrogens with one attached hydrogen (secondary N) is 1. The monoisotopic (exact) mass is 258 g/mol. The zero-order valence-electron chi connectivity index (χ0n) is 10.8. The SMILES string of the molecule is NCCc1nnc(NC2CCCc3ccccc32)o1. The Bertz CT molecular complexity index is 552. The predicted molar refractivity (Wildman–Crippen MR) is 72.8 cm³/mol. The molecular formula is C14H18N4O. The van der Waals surface area contributed by atoms with Crippen molar-refractivity contribution in [3.63, 3.8) is 0 Å². The van der Waals surface area contributed by atoms with Crippen LogP contribution in [-0.4, -0.2) is 16.7 Å². The van der Waals surface area contributed by atoms with Crippen LogP contribution in [0.15, 0.2) is 28.7 Å². The van der Waals surface area contributed by atoms with Gasteiger partial charge in [-0.05, 0) is 30.4 Å². The lowest BCUT2D eigenvalue weighted by Gasteiger charge is -2.25. The summed E-state index contributed by atoms with van der Waals surface area (Å²) in [4.78, 5) is 0. The van der Waals surface area contributed by atoms with E-state index in [1.165, 1.54) is 17.5 Å². The molecule has 0 saturated carbocycles. The van der Waals surface area contributed by atoms with Crippen LogP contribution in [0.1, 0.15) is 35.9 Å². The van der Waals surface area contributed by atoms with Crippen LogP contribution in [0.4, 0.5) is 6.01 Å². The molecule has 0 amide bonds. The van der Waals surface area contributed by atoms with Gasteiger partial charge in [0.1, 0.15) is 0 Å². The topological polar surface area (TPSA) is 77.0 Å². The van der Waals surface area contributed by atoms with Gasteiger partial charge in [-0.15, -0.1) is 5.10 Å². The van der Waals surface area contributed by atoms with Crippen LogP contribution in [0.2, 0.25) is 0 Å². The number of aromatic nitrogens is 2. The normalized spacial score (nSPS) is 18.1. The zero-order valence-corrected chi connectivity index (χ0v) is 10.8. The van der Waals surface area contributed by atoms with Crippen molar-refractivity contribution in [1.29, 1.82) is 0 Å². The van der Waals surface area contributed by atoms with Crippen LogP contribution in [0.5, 0.6) is 0 Å². The Morgan fingerprint density at radius 3 is 3.11 bits per heavy atom. The van der Waals surface area contributed by atoms with E-state index in [1.54, 1.807) is 0 Å². The highest BCUT2D eigenvalue weighted by molar-refractivity contribution is 5.37. The standard InChI is InChI=1S/C14H18N4O/c15-9-8-13-17-18-14(19-13)16-12-7-3-5-10-4-1-2-6-11(10)12/h1-2,4,6,12H,3,5,7-9,15H2,(H,16,18). The molecule has 0 radical (unpaired) electrons. The van der Waals surface area contributed by atoms with Crippen LogP contribution < -0.4 is 11.1 Å². The Balaban J connectivity index is 1.76. The third-order valence-electron chi connectivity index (χ3n) is 3.49. The summed E-state index contributed by atoms with van der Waals surface area (Å²) in [6, 6.07) is 9.28.